The number of aromatic nitrogens is 2. The minimum atomic E-state index is -3.80. The van der Waals surface area contributed by atoms with Crippen molar-refractivity contribution >= 4 is 27.6 Å². The largest absolute Gasteiger partial charge is 0.460 e. The summed E-state index contributed by atoms with van der Waals surface area (Å²) < 4.78 is 46.7. The van der Waals surface area contributed by atoms with Crippen molar-refractivity contribution in [2.24, 2.45) is 13.0 Å². The first-order valence-electron chi connectivity index (χ1n) is 8.80. The molecule has 10 heteroatoms. The van der Waals surface area contributed by atoms with Crippen LogP contribution in [0.3, 0.4) is 0 Å². The molecule has 0 amide bonds. The summed E-state index contributed by atoms with van der Waals surface area (Å²) in [6.07, 6.45) is 1.07. The predicted molar refractivity (Wildman–Crippen MR) is 101 cm³/mol. The highest BCUT2D eigenvalue weighted by Gasteiger charge is 2.34. The summed E-state index contributed by atoms with van der Waals surface area (Å²) >= 11 is 6.14. The van der Waals surface area contributed by atoms with Crippen LogP contribution in [-0.4, -0.2) is 41.6 Å². The maximum absolute atomic E-state index is 13.1. The number of benzene rings is 1. The fourth-order valence-corrected chi connectivity index (χ4v) is 4.96. The average Bonchev–Trinajstić information content (AvgIpc) is 2.92. The van der Waals surface area contributed by atoms with Crippen molar-refractivity contribution in [3.8, 4) is 0 Å². The molecule has 0 bridgehead atoms. The van der Waals surface area contributed by atoms with Gasteiger partial charge in [0, 0.05) is 25.7 Å². The molecule has 1 aliphatic heterocycles. The molecule has 2 heterocycles. The molecule has 7 nitrogen and oxygen atoms in total. The molecule has 1 atom stereocenters. The Labute approximate surface area is 168 Å². The molecule has 1 saturated heterocycles. The van der Waals surface area contributed by atoms with E-state index >= 15 is 0 Å². The fraction of sp³-hybridized carbons (Fsp3) is 0.444. The lowest BCUT2D eigenvalue weighted by atomic mass is 10.00. The Bertz CT molecular complexity index is 975. The van der Waals surface area contributed by atoms with E-state index in [1.165, 1.54) is 21.1 Å². The second-order valence-electron chi connectivity index (χ2n) is 6.74. The number of nitrogens with zero attached hydrogens (tertiary/aromatic N) is 3. The number of esters is 1. The number of aryl methyl sites for hydroxylation is 2. The number of halogens is 2. The smallest absolute Gasteiger partial charge is 0.310 e. The third-order valence-corrected chi connectivity index (χ3v) is 7.15. The number of ether oxygens (including phenoxy) is 1. The Morgan fingerprint density at radius 3 is 2.64 bits per heavy atom. The molecule has 0 spiro atoms. The Kier molecular flexibility index (Phi) is 6.07. The number of piperidine rings is 1. The lowest BCUT2D eigenvalue weighted by Crippen LogP contribution is -2.42. The van der Waals surface area contributed by atoms with Crippen molar-refractivity contribution in [1.29, 1.82) is 0 Å². The monoisotopic (exact) mass is 429 g/mol. The van der Waals surface area contributed by atoms with E-state index in [1.54, 1.807) is 14.0 Å². The molecule has 0 unspecified atom stereocenters. The van der Waals surface area contributed by atoms with Crippen LogP contribution in [0.4, 0.5) is 4.39 Å². The lowest BCUT2D eigenvalue weighted by molar-refractivity contribution is -0.151. The molecule has 3 rings (SSSR count). The maximum atomic E-state index is 13.1. The van der Waals surface area contributed by atoms with Crippen LogP contribution < -0.4 is 0 Å². The van der Waals surface area contributed by atoms with Crippen molar-refractivity contribution in [1.82, 2.24) is 14.1 Å². The highest BCUT2D eigenvalue weighted by Crippen LogP contribution is 2.26. The quantitative estimate of drug-likeness (QED) is 0.682. The Morgan fingerprint density at radius 1 is 1.36 bits per heavy atom. The molecule has 2 aromatic rings. The summed E-state index contributed by atoms with van der Waals surface area (Å²) in [6.45, 7) is 2.08. The van der Waals surface area contributed by atoms with Crippen molar-refractivity contribution in [3.05, 3.63) is 46.5 Å². The summed E-state index contributed by atoms with van der Waals surface area (Å²) in [5.74, 6) is -1.55. The molecule has 1 fully saturated rings. The van der Waals surface area contributed by atoms with E-state index in [-0.39, 0.29) is 18.0 Å². The first-order valence-corrected chi connectivity index (χ1v) is 10.6. The van der Waals surface area contributed by atoms with Gasteiger partial charge in [0.25, 0.3) is 0 Å². The summed E-state index contributed by atoms with van der Waals surface area (Å²) in [7, 11) is -2.10. The van der Waals surface area contributed by atoms with Crippen molar-refractivity contribution in [3.63, 3.8) is 0 Å². The van der Waals surface area contributed by atoms with Crippen LogP contribution in [0.1, 0.15) is 24.1 Å². The van der Waals surface area contributed by atoms with E-state index in [0.29, 0.717) is 35.8 Å². The molecule has 152 valence electrons. The predicted octanol–water partition coefficient (Wildman–Crippen LogP) is 2.67. The van der Waals surface area contributed by atoms with E-state index in [9.17, 15) is 17.6 Å². The molecular weight excluding hydrogens is 409 g/mol. The van der Waals surface area contributed by atoms with Gasteiger partial charge >= 0.3 is 5.97 Å². The zero-order valence-corrected chi connectivity index (χ0v) is 17.1. The summed E-state index contributed by atoms with van der Waals surface area (Å²) in [6, 6.07) is 4.64. The molecule has 1 aromatic heterocycles. The Hall–Kier alpha value is -1.97. The van der Waals surface area contributed by atoms with Gasteiger partial charge in [0.15, 0.2) is 0 Å². The van der Waals surface area contributed by atoms with Gasteiger partial charge in [0.05, 0.1) is 16.5 Å². The highest BCUT2D eigenvalue weighted by atomic mass is 35.5. The number of carbonyl (C=O) groups excluding carboxylic acids is 1. The van der Waals surface area contributed by atoms with Crippen molar-refractivity contribution in [2.75, 3.05) is 13.1 Å². The standard InChI is InChI=1S/C18H21ClFN3O4S/c1-12-16(17(19)22(2)21-12)11-27-18(24)13-4-3-9-23(10-13)28(25,26)15-7-5-14(20)6-8-15/h5-8,13H,3-4,9-11H2,1-2H3/t13-/m0/s1. The van der Waals surface area contributed by atoms with E-state index in [1.807, 2.05) is 0 Å². The third kappa shape index (κ3) is 4.21. The molecule has 0 saturated carbocycles. The summed E-state index contributed by atoms with van der Waals surface area (Å²) in [5.41, 5.74) is 1.30. The van der Waals surface area contributed by atoms with E-state index < -0.39 is 27.7 Å². The van der Waals surface area contributed by atoms with E-state index in [2.05, 4.69) is 5.10 Å². The van der Waals surface area contributed by atoms with Crippen molar-refractivity contribution < 1.29 is 22.3 Å². The van der Waals surface area contributed by atoms with Crippen LogP contribution in [0.15, 0.2) is 29.2 Å². The second kappa shape index (κ2) is 8.18. The molecule has 1 aromatic carbocycles. The SMILES string of the molecule is Cc1nn(C)c(Cl)c1COC(=O)[C@H]1CCCN(S(=O)(=O)c2ccc(F)cc2)C1. The minimum absolute atomic E-state index is 0.000633. The van der Waals surface area contributed by atoms with Crippen LogP contribution in [0.25, 0.3) is 0 Å². The number of sulfonamides is 1. The van der Waals surface area contributed by atoms with Gasteiger partial charge in [0.2, 0.25) is 10.0 Å². The Balaban J connectivity index is 1.67. The normalized spacial score (nSPS) is 18.2. The van der Waals surface area contributed by atoms with Gasteiger partial charge in [-0.05, 0) is 44.0 Å². The van der Waals surface area contributed by atoms with Crippen LogP contribution in [0.2, 0.25) is 5.15 Å². The van der Waals surface area contributed by atoms with E-state index in [0.717, 1.165) is 12.1 Å². The molecule has 1 aliphatic rings. The lowest BCUT2D eigenvalue weighted by Gasteiger charge is -2.30. The Morgan fingerprint density at radius 2 is 2.04 bits per heavy atom. The summed E-state index contributed by atoms with van der Waals surface area (Å²) in [5, 5.41) is 4.56. The first-order chi connectivity index (χ1) is 13.2. The average molecular weight is 430 g/mol. The number of hydrogen-bond donors (Lipinski definition) is 0. The molecule has 0 aliphatic carbocycles. The van der Waals surface area contributed by atoms with Crippen LogP contribution in [0, 0.1) is 18.7 Å². The maximum Gasteiger partial charge on any atom is 0.310 e. The van der Waals surface area contributed by atoms with Gasteiger partial charge in [0.1, 0.15) is 17.6 Å². The van der Waals surface area contributed by atoms with Gasteiger partial charge in [-0.1, -0.05) is 11.6 Å². The number of rotatable bonds is 5. The second-order valence-corrected chi connectivity index (χ2v) is 9.04. The van der Waals surface area contributed by atoms with Crippen LogP contribution in [-0.2, 0) is 33.2 Å². The van der Waals surface area contributed by atoms with Gasteiger partial charge in [-0.25, -0.2) is 12.8 Å². The van der Waals surface area contributed by atoms with Crippen LogP contribution >= 0.6 is 11.6 Å². The first kappa shape index (κ1) is 20.8. The minimum Gasteiger partial charge on any atom is -0.460 e. The fourth-order valence-electron chi connectivity index (χ4n) is 3.21. The number of carbonyl (C=O) groups is 1. The highest BCUT2D eigenvalue weighted by molar-refractivity contribution is 7.89. The van der Waals surface area contributed by atoms with E-state index in [4.69, 9.17) is 16.3 Å². The molecule has 28 heavy (non-hydrogen) atoms. The van der Waals surface area contributed by atoms with Gasteiger partial charge in [-0.2, -0.15) is 9.40 Å². The van der Waals surface area contributed by atoms with Gasteiger partial charge < -0.3 is 4.74 Å². The molecular formula is C18H21ClFN3O4S. The zero-order valence-electron chi connectivity index (χ0n) is 15.6. The van der Waals surface area contributed by atoms with Crippen LogP contribution in [0.5, 0.6) is 0 Å². The van der Waals surface area contributed by atoms with Crippen molar-refractivity contribution in [2.45, 2.75) is 31.3 Å². The number of hydrogen-bond acceptors (Lipinski definition) is 5. The zero-order chi connectivity index (χ0) is 20.5. The topological polar surface area (TPSA) is 81.5 Å². The van der Waals surface area contributed by atoms with Gasteiger partial charge in [-0.3, -0.25) is 9.48 Å². The summed E-state index contributed by atoms with van der Waals surface area (Å²) in [4.78, 5) is 12.5. The van der Waals surface area contributed by atoms with Gasteiger partial charge in [-0.15, -0.1) is 0 Å². The molecule has 0 radical (unpaired) electrons. The molecule has 0 N–H and O–H groups in total. The third-order valence-electron chi connectivity index (χ3n) is 4.80.